The van der Waals surface area contributed by atoms with Crippen molar-refractivity contribution in [2.24, 2.45) is 0 Å². The predicted octanol–water partition coefficient (Wildman–Crippen LogP) is 4.77. The Bertz CT molecular complexity index is 1030. The molecule has 5 nitrogen and oxygen atoms in total. The Hall–Kier alpha value is -2.73. The maximum atomic E-state index is 13.7. The average molecular weight is 410 g/mol. The number of halogens is 1. The number of benzene rings is 2. The predicted molar refractivity (Wildman–Crippen MR) is 114 cm³/mol. The van der Waals surface area contributed by atoms with Gasteiger partial charge in [-0.15, -0.1) is 0 Å². The van der Waals surface area contributed by atoms with E-state index in [0.29, 0.717) is 30.9 Å². The number of ether oxygens (including phenoxy) is 3. The molecule has 2 aliphatic rings. The van der Waals surface area contributed by atoms with E-state index in [0.717, 1.165) is 48.2 Å². The van der Waals surface area contributed by atoms with Crippen LogP contribution in [0.25, 0.3) is 10.9 Å². The smallest absolute Gasteiger partial charge is 0.204 e. The molecule has 1 aliphatic heterocycles. The minimum absolute atomic E-state index is 0.0552. The van der Waals surface area contributed by atoms with Crippen molar-refractivity contribution in [1.82, 2.24) is 10.3 Å². The minimum Gasteiger partial charge on any atom is -0.490 e. The SMILES string of the molecule is CCOc1cccc2c1O[C@@H](CN[C@@H]1CC[C@@H](c3c[nH]c4ccc(F)cc34)C1)CO2. The van der Waals surface area contributed by atoms with Gasteiger partial charge in [0.05, 0.1) is 6.61 Å². The zero-order chi connectivity index (χ0) is 20.5. The van der Waals surface area contributed by atoms with Crippen LogP contribution in [0.4, 0.5) is 4.39 Å². The van der Waals surface area contributed by atoms with Gasteiger partial charge in [-0.05, 0) is 68.0 Å². The zero-order valence-electron chi connectivity index (χ0n) is 17.1. The fourth-order valence-electron chi connectivity index (χ4n) is 4.68. The number of H-pyrrole nitrogens is 1. The van der Waals surface area contributed by atoms with Crippen LogP contribution in [-0.4, -0.2) is 36.9 Å². The van der Waals surface area contributed by atoms with E-state index >= 15 is 0 Å². The highest BCUT2D eigenvalue weighted by Crippen LogP contribution is 2.41. The molecule has 5 rings (SSSR count). The summed E-state index contributed by atoms with van der Waals surface area (Å²) in [5, 5.41) is 4.66. The summed E-state index contributed by atoms with van der Waals surface area (Å²) in [6.07, 6.45) is 5.22. The highest BCUT2D eigenvalue weighted by molar-refractivity contribution is 5.83. The van der Waals surface area contributed by atoms with Gasteiger partial charge in [0.1, 0.15) is 18.5 Å². The van der Waals surface area contributed by atoms with Gasteiger partial charge in [0.25, 0.3) is 0 Å². The summed E-state index contributed by atoms with van der Waals surface area (Å²) in [5.74, 6) is 2.42. The number of nitrogens with one attached hydrogen (secondary N) is 2. The number of rotatable bonds is 6. The number of hydrogen-bond donors (Lipinski definition) is 2. The lowest BCUT2D eigenvalue weighted by atomic mass is 9.97. The molecule has 1 saturated carbocycles. The van der Waals surface area contributed by atoms with Crippen molar-refractivity contribution >= 4 is 10.9 Å². The Morgan fingerprint density at radius 3 is 3.07 bits per heavy atom. The second-order valence-corrected chi connectivity index (χ2v) is 8.12. The lowest BCUT2D eigenvalue weighted by molar-refractivity contribution is 0.0834. The van der Waals surface area contributed by atoms with Gasteiger partial charge in [0, 0.05) is 29.7 Å². The molecular weight excluding hydrogens is 383 g/mol. The third-order valence-electron chi connectivity index (χ3n) is 6.13. The van der Waals surface area contributed by atoms with E-state index in [1.54, 1.807) is 6.07 Å². The van der Waals surface area contributed by atoms with Crippen LogP contribution in [-0.2, 0) is 0 Å². The molecule has 1 aliphatic carbocycles. The summed E-state index contributed by atoms with van der Waals surface area (Å²) in [6, 6.07) is 11.1. The molecule has 158 valence electrons. The van der Waals surface area contributed by atoms with Crippen LogP contribution >= 0.6 is 0 Å². The minimum atomic E-state index is -0.183. The van der Waals surface area contributed by atoms with Crippen molar-refractivity contribution < 1.29 is 18.6 Å². The number of aromatic nitrogens is 1. The lowest BCUT2D eigenvalue weighted by Gasteiger charge is -2.29. The van der Waals surface area contributed by atoms with Crippen molar-refractivity contribution in [2.45, 2.75) is 44.2 Å². The first-order valence-electron chi connectivity index (χ1n) is 10.8. The standard InChI is InChI=1S/C24H27FN2O3/c1-2-28-22-4-3-5-23-24(22)30-18(14-29-23)12-26-17-8-6-15(10-17)20-13-27-21-9-7-16(25)11-19(20)21/h3-5,7,9,11,13,15,17-18,26-27H,2,6,8,10,12,14H2,1H3/t15-,17-,18+/m1/s1. The second kappa shape index (κ2) is 8.19. The molecule has 2 aromatic carbocycles. The van der Waals surface area contributed by atoms with Gasteiger partial charge in [-0.2, -0.15) is 0 Å². The van der Waals surface area contributed by atoms with E-state index in [2.05, 4.69) is 10.3 Å². The molecule has 1 aromatic heterocycles. The van der Waals surface area contributed by atoms with Crippen LogP contribution in [0.15, 0.2) is 42.6 Å². The van der Waals surface area contributed by atoms with Gasteiger partial charge >= 0.3 is 0 Å². The van der Waals surface area contributed by atoms with E-state index in [9.17, 15) is 4.39 Å². The van der Waals surface area contributed by atoms with Crippen molar-refractivity contribution in [2.75, 3.05) is 19.8 Å². The molecule has 1 fully saturated rings. The maximum absolute atomic E-state index is 13.7. The monoisotopic (exact) mass is 410 g/mol. The Balaban J connectivity index is 1.20. The van der Waals surface area contributed by atoms with Crippen LogP contribution in [0.3, 0.4) is 0 Å². The molecule has 0 spiro atoms. The third kappa shape index (κ3) is 3.72. The summed E-state index contributed by atoms with van der Waals surface area (Å²) in [6.45, 7) is 3.79. The molecule has 3 aromatic rings. The first kappa shape index (κ1) is 19.2. The largest absolute Gasteiger partial charge is 0.490 e. The number of aromatic amines is 1. The van der Waals surface area contributed by atoms with Crippen molar-refractivity contribution in [1.29, 1.82) is 0 Å². The van der Waals surface area contributed by atoms with E-state index in [1.807, 2.05) is 37.4 Å². The molecule has 2 heterocycles. The van der Waals surface area contributed by atoms with E-state index in [4.69, 9.17) is 14.2 Å². The molecule has 3 atom stereocenters. The molecular formula is C24H27FN2O3. The fraction of sp³-hybridized carbons (Fsp3) is 0.417. The highest BCUT2D eigenvalue weighted by Gasteiger charge is 2.30. The zero-order valence-corrected chi connectivity index (χ0v) is 17.1. The van der Waals surface area contributed by atoms with Crippen LogP contribution < -0.4 is 19.5 Å². The Morgan fingerprint density at radius 2 is 2.17 bits per heavy atom. The Labute approximate surface area is 175 Å². The topological polar surface area (TPSA) is 55.5 Å². The van der Waals surface area contributed by atoms with Gasteiger partial charge in [0.15, 0.2) is 11.5 Å². The van der Waals surface area contributed by atoms with E-state index in [-0.39, 0.29) is 11.9 Å². The number of fused-ring (bicyclic) bond motifs is 2. The Kier molecular flexibility index (Phi) is 5.25. The first-order chi connectivity index (χ1) is 14.7. The van der Waals surface area contributed by atoms with Crippen LogP contribution in [0.2, 0.25) is 0 Å². The molecule has 0 unspecified atom stereocenters. The maximum Gasteiger partial charge on any atom is 0.204 e. The van der Waals surface area contributed by atoms with Crippen molar-refractivity contribution in [3.63, 3.8) is 0 Å². The first-order valence-corrected chi connectivity index (χ1v) is 10.8. The molecule has 0 saturated heterocycles. The van der Waals surface area contributed by atoms with Gasteiger partial charge in [0.2, 0.25) is 5.75 Å². The molecule has 0 radical (unpaired) electrons. The average Bonchev–Trinajstić information content (AvgIpc) is 3.39. The molecule has 6 heteroatoms. The molecule has 30 heavy (non-hydrogen) atoms. The fourth-order valence-corrected chi connectivity index (χ4v) is 4.68. The molecule has 0 amide bonds. The molecule has 0 bridgehead atoms. The summed E-state index contributed by atoms with van der Waals surface area (Å²) >= 11 is 0. The normalized spacial score (nSPS) is 23.1. The van der Waals surface area contributed by atoms with Gasteiger partial charge in [-0.1, -0.05) is 6.07 Å². The van der Waals surface area contributed by atoms with Crippen LogP contribution in [0.1, 0.15) is 37.7 Å². The van der Waals surface area contributed by atoms with Gasteiger partial charge < -0.3 is 24.5 Å². The third-order valence-corrected chi connectivity index (χ3v) is 6.13. The summed E-state index contributed by atoms with van der Waals surface area (Å²) in [4.78, 5) is 3.28. The quantitative estimate of drug-likeness (QED) is 0.615. The molecule has 2 N–H and O–H groups in total. The Morgan fingerprint density at radius 1 is 1.23 bits per heavy atom. The van der Waals surface area contributed by atoms with Crippen LogP contribution in [0, 0.1) is 5.82 Å². The number of para-hydroxylation sites is 1. The van der Waals surface area contributed by atoms with E-state index in [1.165, 1.54) is 11.6 Å². The summed E-state index contributed by atoms with van der Waals surface area (Å²) < 4.78 is 31.5. The highest BCUT2D eigenvalue weighted by atomic mass is 19.1. The second-order valence-electron chi connectivity index (χ2n) is 8.12. The van der Waals surface area contributed by atoms with E-state index < -0.39 is 0 Å². The van der Waals surface area contributed by atoms with Gasteiger partial charge in [-0.25, -0.2) is 4.39 Å². The lowest BCUT2D eigenvalue weighted by Crippen LogP contribution is -2.41. The summed E-state index contributed by atoms with van der Waals surface area (Å²) in [5.41, 5.74) is 2.22. The number of hydrogen-bond acceptors (Lipinski definition) is 4. The van der Waals surface area contributed by atoms with Crippen LogP contribution in [0.5, 0.6) is 17.2 Å². The van der Waals surface area contributed by atoms with Crippen molar-refractivity contribution in [3.05, 3.63) is 54.0 Å². The van der Waals surface area contributed by atoms with Crippen molar-refractivity contribution in [3.8, 4) is 17.2 Å². The van der Waals surface area contributed by atoms with Gasteiger partial charge in [-0.3, -0.25) is 0 Å². The summed E-state index contributed by atoms with van der Waals surface area (Å²) in [7, 11) is 0.